The molecule has 65 heavy (non-hydrogen) atoms. The highest BCUT2D eigenvalue weighted by Gasteiger charge is 2.29. The molecule has 0 bridgehead atoms. The standard InChI is InChI=1S/C54H73N3O8/c1-60-52-38-46(64-32-12-21-53(58)57-39-44-24-22-43(23-25-44)37-42-15-6-4-2-3-5-7-16-42)27-26-45(52)40-55-28-13-30-61-33-35-63-36-34-62-31-14-29-56-54(59)65-41-51-49-19-10-8-17-47(49)48-18-9-11-20-50(48)51/h8-11,17-20,22-27,38,42,51,55H,2-7,12-16,21,28-37,39-41H2,1H3,(H,56,59)(H,57,58). The lowest BCUT2D eigenvalue weighted by Crippen LogP contribution is -2.27. The van der Waals surface area contributed by atoms with Crippen LogP contribution in [0.1, 0.15) is 111 Å². The summed E-state index contributed by atoms with van der Waals surface area (Å²) in [5, 5.41) is 9.34. The molecule has 0 radical (unpaired) electrons. The molecule has 4 aromatic carbocycles. The molecule has 0 aromatic heterocycles. The van der Waals surface area contributed by atoms with Crippen LogP contribution in [0.2, 0.25) is 0 Å². The monoisotopic (exact) mass is 892 g/mol. The molecule has 0 atom stereocenters. The summed E-state index contributed by atoms with van der Waals surface area (Å²) < 4.78 is 34.2. The molecule has 1 saturated carbocycles. The Balaban J connectivity index is 0.707. The summed E-state index contributed by atoms with van der Waals surface area (Å²) in [4.78, 5) is 24.9. The van der Waals surface area contributed by atoms with E-state index in [2.05, 4.69) is 64.5 Å². The Labute approximate surface area is 387 Å². The highest BCUT2D eigenvalue weighted by atomic mass is 16.6. The lowest BCUT2D eigenvalue weighted by Gasteiger charge is -2.16. The number of carbonyl (C=O) groups is 2. The number of amides is 2. The van der Waals surface area contributed by atoms with Gasteiger partial charge in [-0.3, -0.25) is 4.79 Å². The van der Waals surface area contributed by atoms with Gasteiger partial charge >= 0.3 is 6.09 Å². The van der Waals surface area contributed by atoms with Crippen molar-refractivity contribution >= 4 is 12.0 Å². The fourth-order valence-electron chi connectivity index (χ4n) is 8.80. The van der Waals surface area contributed by atoms with Crippen molar-refractivity contribution in [3.05, 3.63) is 119 Å². The molecule has 0 aliphatic heterocycles. The third-order valence-corrected chi connectivity index (χ3v) is 12.4. The van der Waals surface area contributed by atoms with Crippen molar-refractivity contribution in [3.8, 4) is 22.6 Å². The highest BCUT2D eigenvalue weighted by Crippen LogP contribution is 2.44. The summed E-state index contributed by atoms with van der Waals surface area (Å²) in [6, 6.07) is 31.3. The van der Waals surface area contributed by atoms with Gasteiger partial charge in [-0.05, 0) is 77.6 Å². The summed E-state index contributed by atoms with van der Waals surface area (Å²) >= 11 is 0. The van der Waals surface area contributed by atoms with Gasteiger partial charge in [-0.2, -0.15) is 0 Å². The molecule has 2 aliphatic rings. The van der Waals surface area contributed by atoms with Crippen LogP contribution in [0.5, 0.6) is 11.5 Å². The van der Waals surface area contributed by atoms with Crippen molar-refractivity contribution < 1.29 is 38.0 Å². The maximum absolute atomic E-state index is 12.5. The van der Waals surface area contributed by atoms with Gasteiger partial charge in [0.25, 0.3) is 0 Å². The van der Waals surface area contributed by atoms with Gasteiger partial charge in [-0.15, -0.1) is 0 Å². The maximum atomic E-state index is 12.5. The van der Waals surface area contributed by atoms with Crippen LogP contribution in [0, 0.1) is 5.92 Å². The molecule has 2 amide bonds. The van der Waals surface area contributed by atoms with Crippen molar-refractivity contribution in [2.45, 2.75) is 102 Å². The van der Waals surface area contributed by atoms with Crippen molar-refractivity contribution in [3.63, 3.8) is 0 Å². The van der Waals surface area contributed by atoms with E-state index in [4.69, 9.17) is 28.4 Å². The topological polar surface area (TPSA) is 126 Å². The van der Waals surface area contributed by atoms with Crippen LogP contribution in [0.25, 0.3) is 11.1 Å². The van der Waals surface area contributed by atoms with Gasteiger partial charge in [-0.1, -0.05) is 130 Å². The molecule has 0 saturated heterocycles. The summed E-state index contributed by atoms with van der Waals surface area (Å²) in [7, 11) is 1.66. The number of rotatable bonds is 28. The molecule has 0 heterocycles. The van der Waals surface area contributed by atoms with E-state index in [1.165, 1.54) is 85.6 Å². The van der Waals surface area contributed by atoms with Crippen LogP contribution in [-0.4, -0.2) is 85.1 Å². The van der Waals surface area contributed by atoms with Gasteiger partial charge in [0.15, 0.2) is 0 Å². The summed E-state index contributed by atoms with van der Waals surface area (Å²) in [5.74, 6) is 2.38. The number of hydrogen-bond acceptors (Lipinski definition) is 9. The SMILES string of the molecule is COc1cc(OCCCC(=O)NCc2ccc(CC3CCCCCCCC3)cc2)ccc1CNCCCOCCOCCOCCCNC(=O)OCC1c2ccccc2-c2ccccc21. The summed E-state index contributed by atoms with van der Waals surface area (Å²) in [6.07, 6.45) is 14.4. The third-order valence-electron chi connectivity index (χ3n) is 12.4. The van der Waals surface area contributed by atoms with E-state index in [-0.39, 0.29) is 11.8 Å². The fourth-order valence-corrected chi connectivity index (χ4v) is 8.80. The van der Waals surface area contributed by atoms with Gasteiger partial charge in [0.2, 0.25) is 5.91 Å². The number of benzene rings is 4. The first-order valence-electron chi connectivity index (χ1n) is 24.2. The Morgan fingerprint density at radius 2 is 1.23 bits per heavy atom. The van der Waals surface area contributed by atoms with Crippen molar-refractivity contribution in [1.29, 1.82) is 0 Å². The van der Waals surface area contributed by atoms with E-state index in [9.17, 15) is 9.59 Å². The quantitative estimate of drug-likeness (QED) is 0.0478. The van der Waals surface area contributed by atoms with E-state index in [1.54, 1.807) is 7.11 Å². The molecular formula is C54H73N3O8. The Hall–Kier alpha value is -4.94. The molecule has 3 N–H and O–H groups in total. The number of nitrogens with one attached hydrogen (secondary N) is 3. The largest absolute Gasteiger partial charge is 0.496 e. The molecule has 0 spiro atoms. The average molecular weight is 892 g/mol. The summed E-state index contributed by atoms with van der Waals surface area (Å²) in [5.41, 5.74) is 8.41. The Bertz CT molecular complexity index is 1940. The van der Waals surface area contributed by atoms with Gasteiger partial charge in [0.1, 0.15) is 18.1 Å². The number of carbonyl (C=O) groups excluding carboxylic acids is 2. The van der Waals surface area contributed by atoms with Crippen LogP contribution < -0.4 is 25.4 Å². The predicted octanol–water partition coefficient (Wildman–Crippen LogP) is 9.92. The second-order valence-corrected chi connectivity index (χ2v) is 17.3. The third kappa shape index (κ3) is 17.4. The fraction of sp³-hybridized carbons (Fsp3) is 0.519. The van der Waals surface area contributed by atoms with Crippen LogP contribution in [-0.2, 0) is 43.3 Å². The molecule has 11 heteroatoms. The Kier molecular flexibility index (Phi) is 22.0. The molecule has 4 aromatic rings. The van der Waals surface area contributed by atoms with Gasteiger partial charge in [0.05, 0.1) is 40.1 Å². The van der Waals surface area contributed by atoms with Crippen LogP contribution in [0.4, 0.5) is 4.79 Å². The van der Waals surface area contributed by atoms with Gasteiger partial charge < -0.3 is 44.4 Å². The molecule has 0 unspecified atom stereocenters. The van der Waals surface area contributed by atoms with Gasteiger partial charge in [0, 0.05) is 56.8 Å². The zero-order chi connectivity index (χ0) is 45.2. The molecule has 11 nitrogen and oxygen atoms in total. The number of fused-ring (bicyclic) bond motifs is 3. The van der Waals surface area contributed by atoms with Crippen molar-refractivity contribution in [1.82, 2.24) is 16.0 Å². The zero-order valence-corrected chi connectivity index (χ0v) is 38.8. The Morgan fingerprint density at radius 3 is 1.91 bits per heavy atom. The first kappa shape index (κ1) is 49.5. The second kappa shape index (κ2) is 28.9. The first-order valence-corrected chi connectivity index (χ1v) is 24.2. The summed E-state index contributed by atoms with van der Waals surface area (Å²) in [6.45, 7) is 6.44. The molecule has 1 fully saturated rings. The van der Waals surface area contributed by atoms with E-state index in [0.29, 0.717) is 91.8 Å². The lowest BCUT2D eigenvalue weighted by atomic mass is 9.90. The lowest BCUT2D eigenvalue weighted by molar-refractivity contribution is -0.121. The Morgan fingerprint density at radius 1 is 0.615 bits per heavy atom. The minimum Gasteiger partial charge on any atom is -0.496 e. The highest BCUT2D eigenvalue weighted by molar-refractivity contribution is 5.79. The number of hydrogen-bond donors (Lipinski definition) is 3. The van der Waals surface area contributed by atoms with E-state index in [0.717, 1.165) is 41.5 Å². The minimum atomic E-state index is -0.411. The van der Waals surface area contributed by atoms with E-state index < -0.39 is 6.09 Å². The van der Waals surface area contributed by atoms with Crippen molar-refractivity contribution in [2.75, 3.05) is 73.1 Å². The predicted molar refractivity (Wildman–Crippen MR) is 257 cm³/mol. The maximum Gasteiger partial charge on any atom is 0.407 e. The first-order chi connectivity index (χ1) is 32.1. The molecular weight excluding hydrogens is 819 g/mol. The second-order valence-electron chi connectivity index (χ2n) is 17.3. The van der Waals surface area contributed by atoms with E-state index in [1.807, 2.05) is 42.5 Å². The smallest absolute Gasteiger partial charge is 0.407 e. The normalized spacial score (nSPS) is 14.1. The number of methoxy groups -OCH3 is 1. The number of ether oxygens (including phenoxy) is 6. The molecule has 6 rings (SSSR count). The zero-order valence-electron chi connectivity index (χ0n) is 38.8. The number of alkyl carbamates (subject to hydrolysis) is 1. The van der Waals surface area contributed by atoms with E-state index >= 15 is 0 Å². The van der Waals surface area contributed by atoms with Crippen LogP contribution in [0.3, 0.4) is 0 Å². The van der Waals surface area contributed by atoms with Crippen LogP contribution in [0.15, 0.2) is 91.0 Å². The van der Waals surface area contributed by atoms with Crippen molar-refractivity contribution in [2.24, 2.45) is 5.92 Å². The molecule has 352 valence electrons. The minimum absolute atomic E-state index is 0.0376. The molecule has 2 aliphatic carbocycles. The van der Waals surface area contributed by atoms with Gasteiger partial charge in [-0.25, -0.2) is 4.79 Å². The van der Waals surface area contributed by atoms with Crippen LogP contribution >= 0.6 is 0 Å². The average Bonchev–Trinajstić information content (AvgIpc) is 3.72.